The first-order chi connectivity index (χ1) is 10.8. The maximum atomic E-state index is 12.8. The van der Waals surface area contributed by atoms with E-state index in [4.69, 9.17) is 4.74 Å². The van der Waals surface area contributed by atoms with Crippen LogP contribution in [-0.2, 0) is 11.2 Å². The fourth-order valence-electron chi connectivity index (χ4n) is 1.97. The molecule has 0 bridgehead atoms. The number of unbranched alkanes of at least 4 members (excludes halogenated alkanes) is 1. The van der Waals surface area contributed by atoms with Gasteiger partial charge in [-0.3, -0.25) is 4.99 Å². The van der Waals surface area contributed by atoms with Crippen LogP contribution in [0.25, 0.3) is 0 Å². The van der Waals surface area contributed by atoms with E-state index in [-0.39, 0.29) is 29.8 Å². The highest BCUT2D eigenvalue weighted by atomic mass is 127. The zero-order valence-corrected chi connectivity index (χ0v) is 16.4. The lowest BCUT2D eigenvalue weighted by Gasteiger charge is -2.11. The molecule has 0 atom stereocenters. The van der Waals surface area contributed by atoms with Crippen molar-refractivity contribution in [2.75, 3.05) is 32.8 Å². The first-order valence-electron chi connectivity index (χ1n) is 8.10. The highest BCUT2D eigenvalue weighted by Crippen LogP contribution is 2.02. The van der Waals surface area contributed by atoms with Crippen LogP contribution in [0, 0.1) is 5.82 Å². The quantitative estimate of drug-likeness (QED) is 0.256. The van der Waals surface area contributed by atoms with Crippen molar-refractivity contribution in [3.63, 3.8) is 0 Å². The van der Waals surface area contributed by atoms with Crippen LogP contribution in [0.2, 0.25) is 0 Å². The molecule has 0 unspecified atom stereocenters. The van der Waals surface area contributed by atoms with Crippen LogP contribution >= 0.6 is 24.0 Å². The largest absolute Gasteiger partial charge is 0.382 e. The van der Waals surface area contributed by atoms with E-state index >= 15 is 0 Å². The van der Waals surface area contributed by atoms with E-state index in [1.807, 2.05) is 26.0 Å². The Kier molecular flexibility index (Phi) is 14.1. The van der Waals surface area contributed by atoms with Crippen molar-refractivity contribution >= 4 is 29.9 Å². The minimum absolute atomic E-state index is 0. The standard InChI is InChI=1S/C17H28FN3O.HI/c1-3-19-17(20-12-5-6-14-22-4-2)21-13-11-15-7-9-16(18)10-8-15;/h7-10H,3-6,11-14H2,1-2H3,(H2,19,20,21);1H. The number of guanidine groups is 1. The molecule has 0 heterocycles. The van der Waals surface area contributed by atoms with Crippen molar-refractivity contribution in [2.45, 2.75) is 33.1 Å². The van der Waals surface area contributed by atoms with Gasteiger partial charge in [-0.15, -0.1) is 24.0 Å². The zero-order valence-electron chi connectivity index (χ0n) is 14.1. The molecular weight excluding hydrogens is 408 g/mol. The summed E-state index contributed by atoms with van der Waals surface area (Å²) in [7, 11) is 0. The topological polar surface area (TPSA) is 45.7 Å². The molecule has 4 nitrogen and oxygen atoms in total. The highest BCUT2D eigenvalue weighted by Gasteiger charge is 1.98. The molecule has 0 aliphatic rings. The normalized spacial score (nSPS) is 11.0. The summed E-state index contributed by atoms with van der Waals surface area (Å²) in [4.78, 5) is 4.54. The molecular formula is C17H29FIN3O. The van der Waals surface area contributed by atoms with Gasteiger partial charge in [0.15, 0.2) is 5.96 Å². The zero-order chi connectivity index (χ0) is 16.0. The number of hydrogen-bond acceptors (Lipinski definition) is 2. The fraction of sp³-hybridized carbons (Fsp3) is 0.588. The van der Waals surface area contributed by atoms with Gasteiger partial charge >= 0.3 is 0 Å². The van der Waals surface area contributed by atoms with Gasteiger partial charge in [-0.1, -0.05) is 12.1 Å². The molecule has 1 aromatic carbocycles. The average Bonchev–Trinajstić information content (AvgIpc) is 2.52. The summed E-state index contributed by atoms with van der Waals surface area (Å²) >= 11 is 0. The summed E-state index contributed by atoms with van der Waals surface area (Å²) < 4.78 is 18.1. The molecule has 0 fully saturated rings. The molecule has 0 radical (unpaired) electrons. The molecule has 23 heavy (non-hydrogen) atoms. The number of nitrogens with one attached hydrogen (secondary N) is 2. The number of hydrogen-bond donors (Lipinski definition) is 2. The lowest BCUT2D eigenvalue weighted by atomic mass is 10.1. The van der Waals surface area contributed by atoms with Gasteiger partial charge in [0.25, 0.3) is 0 Å². The van der Waals surface area contributed by atoms with Gasteiger partial charge in [0, 0.05) is 32.8 Å². The van der Waals surface area contributed by atoms with Gasteiger partial charge in [0.1, 0.15) is 5.82 Å². The second-order valence-corrected chi connectivity index (χ2v) is 4.97. The molecule has 0 aliphatic heterocycles. The average molecular weight is 437 g/mol. The molecule has 0 saturated carbocycles. The van der Waals surface area contributed by atoms with Crippen LogP contribution in [-0.4, -0.2) is 38.8 Å². The van der Waals surface area contributed by atoms with Crippen molar-refractivity contribution in [3.05, 3.63) is 35.6 Å². The lowest BCUT2D eigenvalue weighted by Crippen LogP contribution is -2.38. The SMILES string of the molecule is CCNC(=NCCCCOCC)NCCc1ccc(F)cc1.I. The van der Waals surface area contributed by atoms with E-state index in [0.717, 1.165) is 63.6 Å². The summed E-state index contributed by atoms with van der Waals surface area (Å²) in [5, 5.41) is 6.53. The summed E-state index contributed by atoms with van der Waals surface area (Å²) in [5.41, 5.74) is 1.11. The summed E-state index contributed by atoms with van der Waals surface area (Å²) in [6.45, 7) is 8.03. The highest BCUT2D eigenvalue weighted by molar-refractivity contribution is 14.0. The Bertz CT molecular complexity index is 426. The van der Waals surface area contributed by atoms with Crippen LogP contribution in [0.5, 0.6) is 0 Å². The van der Waals surface area contributed by atoms with Gasteiger partial charge in [0.05, 0.1) is 0 Å². The minimum Gasteiger partial charge on any atom is -0.382 e. The maximum absolute atomic E-state index is 12.8. The molecule has 0 aromatic heterocycles. The molecule has 2 N–H and O–H groups in total. The Morgan fingerprint density at radius 1 is 1.13 bits per heavy atom. The Morgan fingerprint density at radius 3 is 2.52 bits per heavy atom. The monoisotopic (exact) mass is 437 g/mol. The maximum Gasteiger partial charge on any atom is 0.191 e. The molecule has 132 valence electrons. The van der Waals surface area contributed by atoms with E-state index in [1.54, 1.807) is 0 Å². The predicted molar refractivity (Wildman–Crippen MR) is 105 cm³/mol. The van der Waals surface area contributed by atoms with E-state index in [0.29, 0.717) is 0 Å². The second kappa shape index (κ2) is 14.7. The van der Waals surface area contributed by atoms with E-state index in [9.17, 15) is 4.39 Å². The number of ether oxygens (including phenoxy) is 1. The number of rotatable bonds is 10. The molecule has 0 aliphatic carbocycles. The summed E-state index contributed by atoms with van der Waals surface area (Å²) in [5.74, 6) is 0.639. The third-order valence-electron chi connectivity index (χ3n) is 3.13. The lowest BCUT2D eigenvalue weighted by molar-refractivity contribution is 0.144. The van der Waals surface area contributed by atoms with Crippen LogP contribution in [0.4, 0.5) is 4.39 Å². The number of nitrogens with zero attached hydrogens (tertiary/aromatic N) is 1. The smallest absolute Gasteiger partial charge is 0.191 e. The van der Waals surface area contributed by atoms with Crippen molar-refractivity contribution in [1.82, 2.24) is 10.6 Å². The van der Waals surface area contributed by atoms with Crippen molar-refractivity contribution in [1.29, 1.82) is 0 Å². The third kappa shape index (κ3) is 11.3. The fourth-order valence-corrected chi connectivity index (χ4v) is 1.97. The van der Waals surface area contributed by atoms with Crippen LogP contribution in [0.15, 0.2) is 29.3 Å². The van der Waals surface area contributed by atoms with Crippen LogP contribution < -0.4 is 10.6 Å². The molecule has 1 rings (SSSR count). The first-order valence-corrected chi connectivity index (χ1v) is 8.10. The molecule has 0 spiro atoms. The number of benzene rings is 1. The van der Waals surface area contributed by atoms with E-state index < -0.39 is 0 Å². The van der Waals surface area contributed by atoms with Crippen LogP contribution in [0.1, 0.15) is 32.3 Å². The van der Waals surface area contributed by atoms with Crippen molar-refractivity contribution in [2.24, 2.45) is 4.99 Å². The van der Waals surface area contributed by atoms with Gasteiger partial charge in [0.2, 0.25) is 0 Å². The summed E-state index contributed by atoms with van der Waals surface area (Å²) in [6, 6.07) is 6.61. The van der Waals surface area contributed by atoms with Gasteiger partial charge in [-0.2, -0.15) is 0 Å². The molecule has 6 heteroatoms. The Morgan fingerprint density at radius 2 is 1.87 bits per heavy atom. The predicted octanol–water partition coefficient (Wildman–Crippen LogP) is 3.36. The minimum atomic E-state index is -0.196. The van der Waals surface area contributed by atoms with E-state index in [1.165, 1.54) is 12.1 Å². The Labute approximate surface area is 156 Å². The second-order valence-electron chi connectivity index (χ2n) is 4.97. The molecule has 1 aromatic rings. The van der Waals surface area contributed by atoms with Gasteiger partial charge in [-0.25, -0.2) is 4.39 Å². The number of aliphatic imine (C=N–C) groups is 1. The van der Waals surface area contributed by atoms with Crippen molar-refractivity contribution < 1.29 is 9.13 Å². The van der Waals surface area contributed by atoms with Gasteiger partial charge < -0.3 is 15.4 Å². The summed E-state index contributed by atoms with van der Waals surface area (Å²) in [6.07, 6.45) is 2.90. The number of halogens is 2. The van der Waals surface area contributed by atoms with Gasteiger partial charge in [-0.05, 0) is 50.8 Å². The Balaban J connectivity index is 0.00000484. The third-order valence-corrected chi connectivity index (χ3v) is 3.13. The van der Waals surface area contributed by atoms with E-state index in [2.05, 4.69) is 15.6 Å². The van der Waals surface area contributed by atoms with Crippen molar-refractivity contribution in [3.8, 4) is 0 Å². The molecule has 0 amide bonds. The Hall–Kier alpha value is -0.890. The van der Waals surface area contributed by atoms with Crippen LogP contribution in [0.3, 0.4) is 0 Å². The first kappa shape index (κ1) is 22.1. The molecule has 0 saturated heterocycles.